The van der Waals surface area contributed by atoms with Gasteiger partial charge in [0, 0.05) is 37.2 Å². The highest BCUT2D eigenvalue weighted by molar-refractivity contribution is 6.30. The average Bonchev–Trinajstić information content (AvgIpc) is 3.07. The molecule has 1 aromatic heterocycles. The molecule has 2 aliphatic rings. The van der Waals surface area contributed by atoms with Gasteiger partial charge in [0.25, 0.3) is 11.8 Å². The number of amides is 2. The van der Waals surface area contributed by atoms with Gasteiger partial charge >= 0.3 is 18.5 Å². The van der Waals surface area contributed by atoms with Crippen LogP contribution < -0.4 is 9.47 Å². The third-order valence-corrected chi connectivity index (χ3v) is 9.31. The van der Waals surface area contributed by atoms with Gasteiger partial charge in [-0.2, -0.15) is 13.2 Å². The number of carboxylic acid groups (broad SMARTS) is 1. The average molecular weight is 742 g/mol. The number of aliphatic carboxylic acids is 1. The fraction of sp³-hybridized carbons (Fsp3) is 0.429. The van der Waals surface area contributed by atoms with Crippen LogP contribution in [0.1, 0.15) is 78.7 Å². The van der Waals surface area contributed by atoms with Crippen molar-refractivity contribution >= 4 is 29.4 Å². The van der Waals surface area contributed by atoms with Crippen LogP contribution in [-0.4, -0.2) is 68.8 Å². The van der Waals surface area contributed by atoms with Gasteiger partial charge in [-0.3, -0.25) is 19.4 Å². The number of likely N-dealkylation sites (tertiary alicyclic amines) is 1. The standard InChI is InChI=1S/C35H34ClF6N3O6/c1-2-5-28-33(50-23-8-10-24(11-9-23)51-35(40,41)42,16-4-18-45(28)31(48)30-26(34(37,38)39)6-3-17-43-30)32(49)44-19-15-21-20-22(36)7-12-25(21)27(44)13-14-29(46)47/h3,6-12,17,20,27-28H,2,4-5,13-16,18-19H2,1H3,(H,46,47)/t27-,28+,33-/m0/s1. The van der Waals surface area contributed by atoms with Crippen LogP contribution in [0.2, 0.25) is 5.02 Å². The third kappa shape index (κ3) is 8.35. The number of carbonyl (C=O) groups excluding carboxylic acids is 2. The van der Waals surface area contributed by atoms with Gasteiger partial charge in [-0.15, -0.1) is 13.2 Å². The molecule has 0 bridgehead atoms. The number of carboxylic acids is 1. The maximum absolute atomic E-state index is 15.2. The van der Waals surface area contributed by atoms with Crippen LogP contribution in [0.25, 0.3) is 0 Å². The molecule has 2 amide bonds. The van der Waals surface area contributed by atoms with Crippen molar-refractivity contribution in [3.63, 3.8) is 0 Å². The molecule has 1 N–H and O–H groups in total. The Morgan fingerprint density at radius 2 is 1.69 bits per heavy atom. The number of fused-ring (bicyclic) bond motifs is 1. The summed E-state index contributed by atoms with van der Waals surface area (Å²) < 4.78 is 91.4. The molecule has 16 heteroatoms. The van der Waals surface area contributed by atoms with E-state index in [1.807, 2.05) is 0 Å². The largest absolute Gasteiger partial charge is 0.573 e. The number of alkyl halides is 6. The molecule has 0 saturated carbocycles. The molecule has 3 heterocycles. The number of nitrogens with zero attached hydrogens (tertiary/aromatic N) is 3. The highest BCUT2D eigenvalue weighted by Crippen LogP contribution is 2.43. The molecule has 1 saturated heterocycles. The summed E-state index contributed by atoms with van der Waals surface area (Å²) in [6, 6.07) is 9.20. The number of rotatable bonds is 10. The van der Waals surface area contributed by atoms with Gasteiger partial charge in [0.1, 0.15) is 17.2 Å². The van der Waals surface area contributed by atoms with Crippen molar-refractivity contribution in [2.45, 2.75) is 82.1 Å². The lowest BCUT2D eigenvalue weighted by Crippen LogP contribution is -2.68. The van der Waals surface area contributed by atoms with Crippen molar-refractivity contribution in [2.24, 2.45) is 0 Å². The maximum atomic E-state index is 15.2. The zero-order valence-electron chi connectivity index (χ0n) is 27.3. The second-order valence-electron chi connectivity index (χ2n) is 12.4. The van der Waals surface area contributed by atoms with Crippen LogP contribution in [0.5, 0.6) is 11.5 Å². The van der Waals surface area contributed by atoms with Gasteiger partial charge in [-0.25, -0.2) is 0 Å². The van der Waals surface area contributed by atoms with Gasteiger partial charge in [0.05, 0.1) is 17.6 Å². The Hall–Kier alpha value is -4.53. The Kier molecular flexibility index (Phi) is 11.1. The van der Waals surface area contributed by atoms with Crippen LogP contribution in [-0.2, 0) is 22.2 Å². The van der Waals surface area contributed by atoms with Gasteiger partial charge in [0.15, 0.2) is 0 Å². The van der Waals surface area contributed by atoms with E-state index in [1.54, 1.807) is 25.1 Å². The van der Waals surface area contributed by atoms with Crippen LogP contribution in [0.15, 0.2) is 60.8 Å². The number of ether oxygens (including phenoxy) is 2. The first-order valence-electron chi connectivity index (χ1n) is 16.2. The molecule has 0 unspecified atom stereocenters. The molecular formula is C35H34ClF6N3O6. The summed E-state index contributed by atoms with van der Waals surface area (Å²) in [7, 11) is 0. The van der Waals surface area contributed by atoms with E-state index in [9.17, 15) is 41.0 Å². The van der Waals surface area contributed by atoms with Gasteiger partial charge in [-0.1, -0.05) is 31.0 Å². The van der Waals surface area contributed by atoms with Gasteiger partial charge in [0.2, 0.25) is 5.60 Å². The molecule has 2 aliphatic heterocycles. The van der Waals surface area contributed by atoms with E-state index in [4.69, 9.17) is 16.3 Å². The Balaban J connectivity index is 1.63. The number of pyridine rings is 1. The number of hydrogen-bond acceptors (Lipinski definition) is 6. The van der Waals surface area contributed by atoms with Crippen molar-refractivity contribution in [3.8, 4) is 11.5 Å². The third-order valence-electron chi connectivity index (χ3n) is 9.07. The van der Waals surface area contributed by atoms with E-state index in [0.717, 1.165) is 53.1 Å². The zero-order chi connectivity index (χ0) is 37.1. The second kappa shape index (κ2) is 15.0. The smallest absolute Gasteiger partial charge is 0.481 e. The minimum Gasteiger partial charge on any atom is -0.481 e. The van der Waals surface area contributed by atoms with E-state index in [-0.39, 0.29) is 50.9 Å². The maximum Gasteiger partial charge on any atom is 0.573 e. The zero-order valence-corrected chi connectivity index (χ0v) is 28.0. The van der Waals surface area contributed by atoms with Crippen molar-refractivity contribution in [3.05, 3.63) is 88.2 Å². The molecule has 0 aliphatic carbocycles. The quantitative estimate of drug-likeness (QED) is 0.211. The number of benzene rings is 2. The summed E-state index contributed by atoms with van der Waals surface area (Å²) >= 11 is 6.24. The first-order chi connectivity index (χ1) is 24.0. The number of halogens is 7. The van der Waals surface area contributed by atoms with Crippen molar-refractivity contribution < 1.29 is 55.3 Å². The fourth-order valence-electron chi connectivity index (χ4n) is 7.00. The predicted octanol–water partition coefficient (Wildman–Crippen LogP) is 7.87. The van der Waals surface area contributed by atoms with Crippen LogP contribution in [0.3, 0.4) is 0 Å². The van der Waals surface area contributed by atoms with E-state index >= 15 is 4.79 Å². The minimum absolute atomic E-state index is 0.000763. The highest BCUT2D eigenvalue weighted by Gasteiger charge is 2.57. The number of hydrogen-bond donors (Lipinski definition) is 1. The lowest BCUT2D eigenvalue weighted by Gasteiger charge is -2.51. The van der Waals surface area contributed by atoms with Crippen LogP contribution in [0.4, 0.5) is 26.3 Å². The highest BCUT2D eigenvalue weighted by atomic mass is 35.5. The van der Waals surface area contributed by atoms with E-state index in [2.05, 4.69) is 9.72 Å². The molecule has 51 heavy (non-hydrogen) atoms. The first kappa shape index (κ1) is 37.7. The minimum atomic E-state index is -4.98. The summed E-state index contributed by atoms with van der Waals surface area (Å²) in [4.78, 5) is 47.4. The molecule has 9 nitrogen and oxygen atoms in total. The normalized spacial score (nSPS) is 20.8. The summed E-state index contributed by atoms with van der Waals surface area (Å²) in [6.45, 7) is 1.80. The summed E-state index contributed by atoms with van der Waals surface area (Å²) in [5, 5.41) is 10.0. The van der Waals surface area contributed by atoms with Crippen LogP contribution >= 0.6 is 11.6 Å². The number of piperidine rings is 1. The van der Waals surface area contributed by atoms with Crippen LogP contribution in [0, 0.1) is 0 Å². The predicted molar refractivity (Wildman–Crippen MR) is 171 cm³/mol. The topological polar surface area (TPSA) is 109 Å². The molecule has 3 aromatic rings. The summed E-state index contributed by atoms with van der Waals surface area (Å²) in [6.07, 6.45) is -8.31. The molecule has 5 rings (SSSR count). The molecular weight excluding hydrogens is 708 g/mol. The summed E-state index contributed by atoms with van der Waals surface area (Å²) in [5.74, 6) is -3.45. The SMILES string of the molecule is CCC[C@H]1N(C(=O)c2ncccc2C(F)(F)F)CCC[C@@]1(Oc1ccc(OC(F)(F)F)cc1)C(=O)N1CCc2cc(Cl)ccc2[C@@H]1CCC(=O)O. The van der Waals surface area contributed by atoms with E-state index in [1.165, 1.54) is 4.90 Å². The second-order valence-corrected chi connectivity index (χ2v) is 12.8. The Labute approximate surface area is 294 Å². The molecule has 0 spiro atoms. The first-order valence-corrected chi connectivity index (χ1v) is 16.6. The molecule has 274 valence electrons. The van der Waals surface area contributed by atoms with Gasteiger partial charge in [-0.05, 0) is 85.3 Å². The van der Waals surface area contributed by atoms with Crippen molar-refractivity contribution in [1.82, 2.24) is 14.8 Å². The fourth-order valence-corrected chi connectivity index (χ4v) is 7.20. The number of carbonyl (C=O) groups is 3. The molecule has 2 aromatic carbocycles. The Bertz CT molecular complexity index is 1750. The number of aromatic nitrogens is 1. The Morgan fingerprint density at radius 1 is 0.980 bits per heavy atom. The monoisotopic (exact) mass is 741 g/mol. The van der Waals surface area contributed by atoms with Gasteiger partial charge < -0.3 is 24.4 Å². The Morgan fingerprint density at radius 3 is 2.33 bits per heavy atom. The van der Waals surface area contributed by atoms with Crippen molar-refractivity contribution in [2.75, 3.05) is 13.1 Å². The van der Waals surface area contributed by atoms with E-state index < -0.39 is 65.0 Å². The molecule has 3 atom stereocenters. The lowest BCUT2D eigenvalue weighted by molar-refractivity contribution is -0.274. The summed E-state index contributed by atoms with van der Waals surface area (Å²) in [5.41, 5.74) is -2.62. The van der Waals surface area contributed by atoms with E-state index in [0.29, 0.717) is 23.4 Å². The van der Waals surface area contributed by atoms with Crippen molar-refractivity contribution in [1.29, 1.82) is 0 Å². The molecule has 1 fully saturated rings. The molecule has 0 radical (unpaired) electrons. The lowest BCUT2D eigenvalue weighted by atomic mass is 9.78.